The maximum Gasteiger partial charge on any atom is 0.149 e. The number of hydrogen-bond acceptors (Lipinski definition) is 3. The number of rotatable bonds is 6. The first-order valence-electron chi connectivity index (χ1n) is 8.14. The molecule has 0 aliphatic carbocycles. The average molecular weight is 326 g/mol. The smallest absolute Gasteiger partial charge is 0.149 e. The highest BCUT2D eigenvalue weighted by Gasteiger charge is 2.17. The molecule has 1 heterocycles. The number of aliphatic hydroxyl groups excluding tert-OH is 1. The molecule has 24 heavy (non-hydrogen) atoms. The number of nitrogens with zero attached hydrogens (tertiary/aromatic N) is 1. The zero-order valence-electron chi connectivity index (χ0n) is 14.7. The van der Waals surface area contributed by atoms with E-state index in [4.69, 9.17) is 10.5 Å². The fourth-order valence-electron chi connectivity index (χ4n) is 2.30. The first kappa shape index (κ1) is 18.1. The van der Waals surface area contributed by atoms with E-state index < -0.39 is 5.54 Å². The summed E-state index contributed by atoms with van der Waals surface area (Å²) >= 11 is 0. The largest absolute Gasteiger partial charge is 0.481 e. The van der Waals surface area contributed by atoms with Crippen LogP contribution in [0, 0.1) is 18.8 Å². The Morgan fingerprint density at radius 1 is 1.21 bits per heavy atom. The molecule has 0 saturated carbocycles. The highest BCUT2D eigenvalue weighted by atomic mass is 16.5. The Kier molecular flexibility index (Phi) is 6.08. The Morgan fingerprint density at radius 2 is 1.92 bits per heavy atom. The average Bonchev–Trinajstić information content (AvgIpc) is 2.92. The van der Waals surface area contributed by atoms with Crippen LogP contribution in [-0.4, -0.2) is 28.4 Å². The van der Waals surface area contributed by atoms with Crippen molar-refractivity contribution in [3.8, 4) is 17.6 Å². The minimum Gasteiger partial charge on any atom is -0.481 e. The highest BCUT2D eigenvalue weighted by molar-refractivity contribution is 5.33. The van der Waals surface area contributed by atoms with Gasteiger partial charge < -0.3 is 20.1 Å². The first-order chi connectivity index (χ1) is 11.4. The molecule has 4 heteroatoms. The monoisotopic (exact) mass is 326 g/mol. The molecule has 1 atom stereocenters. The normalized spacial score (nSPS) is 13.0. The minimum atomic E-state index is -0.544. The number of hydrogen-bond donors (Lipinski definition) is 2. The molecule has 0 amide bonds. The fourth-order valence-corrected chi connectivity index (χ4v) is 2.30. The minimum absolute atomic E-state index is 0.0135. The van der Waals surface area contributed by atoms with Crippen molar-refractivity contribution >= 4 is 0 Å². The SMILES string of the molecule is Cc1ccc(OCC#Cc2ccc(CCC(C)(N)CO)n2C)cc1. The van der Waals surface area contributed by atoms with Crippen LogP contribution in [0.25, 0.3) is 0 Å². The van der Waals surface area contributed by atoms with E-state index in [9.17, 15) is 5.11 Å². The van der Waals surface area contributed by atoms with Gasteiger partial charge in [0.1, 0.15) is 12.4 Å². The molecule has 1 unspecified atom stereocenters. The summed E-state index contributed by atoms with van der Waals surface area (Å²) in [5, 5.41) is 9.23. The van der Waals surface area contributed by atoms with Gasteiger partial charge in [-0.1, -0.05) is 23.6 Å². The topological polar surface area (TPSA) is 60.4 Å². The molecule has 2 rings (SSSR count). The van der Waals surface area contributed by atoms with Crippen molar-refractivity contribution in [3.05, 3.63) is 53.3 Å². The van der Waals surface area contributed by atoms with E-state index in [2.05, 4.69) is 22.5 Å². The maximum atomic E-state index is 9.23. The highest BCUT2D eigenvalue weighted by Crippen LogP contribution is 2.14. The Labute approximate surface area is 144 Å². The van der Waals surface area contributed by atoms with Crippen LogP contribution in [-0.2, 0) is 13.5 Å². The van der Waals surface area contributed by atoms with Crippen LogP contribution in [0.2, 0.25) is 0 Å². The van der Waals surface area contributed by atoms with Gasteiger partial charge in [-0.15, -0.1) is 0 Å². The summed E-state index contributed by atoms with van der Waals surface area (Å²) in [7, 11) is 1.99. The summed E-state index contributed by atoms with van der Waals surface area (Å²) in [5.41, 5.74) is 8.75. The maximum absolute atomic E-state index is 9.23. The Balaban J connectivity index is 1.91. The zero-order chi connectivity index (χ0) is 17.6. The lowest BCUT2D eigenvalue weighted by molar-refractivity contribution is 0.200. The molecule has 0 spiro atoms. The number of aryl methyl sites for hydroxylation is 2. The summed E-state index contributed by atoms with van der Waals surface area (Å²) in [4.78, 5) is 0. The number of ether oxygens (including phenoxy) is 1. The molecular weight excluding hydrogens is 300 g/mol. The van der Waals surface area contributed by atoms with Crippen molar-refractivity contribution in [2.75, 3.05) is 13.2 Å². The lowest BCUT2D eigenvalue weighted by atomic mass is 9.97. The van der Waals surface area contributed by atoms with Crippen molar-refractivity contribution < 1.29 is 9.84 Å². The number of benzene rings is 1. The molecule has 0 aliphatic rings. The number of nitrogens with two attached hydrogens (primary N) is 1. The van der Waals surface area contributed by atoms with Crippen LogP contribution >= 0.6 is 0 Å². The van der Waals surface area contributed by atoms with Crippen LogP contribution in [0.4, 0.5) is 0 Å². The molecule has 1 aromatic carbocycles. The summed E-state index contributed by atoms with van der Waals surface area (Å²) in [6.07, 6.45) is 1.54. The van der Waals surface area contributed by atoms with E-state index in [1.807, 2.05) is 51.2 Å². The van der Waals surface area contributed by atoms with Crippen molar-refractivity contribution in [1.82, 2.24) is 4.57 Å². The second kappa shape index (κ2) is 8.05. The van der Waals surface area contributed by atoms with Crippen molar-refractivity contribution in [2.24, 2.45) is 12.8 Å². The zero-order valence-corrected chi connectivity index (χ0v) is 14.7. The fraction of sp³-hybridized carbons (Fsp3) is 0.400. The third-order valence-corrected chi connectivity index (χ3v) is 4.09. The van der Waals surface area contributed by atoms with Crippen molar-refractivity contribution in [1.29, 1.82) is 0 Å². The van der Waals surface area contributed by atoms with Gasteiger partial charge in [0.05, 0.1) is 12.3 Å². The standard InChI is InChI=1S/C20H26N2O2/c1-16-6-10-19(11-7-16)24-14-4-5-17-8-9-18(22(17)3)12-13-20(2,21)15-23/h6-11,23H,12-15,21H2,1-3H3. The van der Waals surface area contributed by atoms with Gasteiger partial charge in [0.2, 0.25) is 0 Å². The summed E-state index contributed by atoms with van der Waals surface area (Å²) in [6, 6.07) is 12.0. The van der Waals surface area contributed by atoms with E-state index in [1.54, 1.807) is 0 Å². The Morgan fingerprint density at radius 3 is 2.58 bits per heavy atom. The van der Waals surface area contributed by atoms with Crippen LogP contribution in [0.15, 0.2) is 36.4 Å². The van der Waals surface area contributed by atoms with E-state index >= 15 is 0 Å². The molecule has 4 nitrogen and oxygen atoms in total. The second-order valence-electron chi connectivity index (χ2n) is 6.48. The van der Waals surface area contributed by atoms with Crippen LogP contribution in [0.1, 0.15) is 30.3 Å². The Hall–Kier alpha value is -2.22. The third kappa shape index (κ3) is 5.16. The van der Waals surface area contributed by atoms with E-state index in [0.717, 1.165) is 30.0 Å². The third-order valence-electron chi connectivity index (χ3n) is 4.09. The molecule has 0 bridgehead atoms. The molecule has 0 aliphatic heterocycles. The van der Waals surface area contributed by atoms with Gasteiger partial charge in [-0.25, -0.2) is 0 Å². The summed E-state index contributed by atoms with van der Waals surface area (Å²) in [5.74, 6) is 7.01. The lowest BCUT2D eigenvalue weighted by Crippen LogP contribution is -2.40. The molecule has 3 N–H and O–H groups in total. The van der Waals surface area contributed by atoms with Gasteiger partial charge in [-0.2, -0.15) is 0 Å². The van der Waals surface area contributed by atoms with Gasteiger partial charge in [-0.3, -0.25) is 0 Å². The van der Waals surface area contributed by atoms with E-state index in [0.29, 0.717) is 6.61 Å². The molecular formula is C20H26N2O2. The predicted octanol–water partition coefficient (Wildman–Crippen LogP) is 2.41. The molecule has 0 radical (unpaired) electrons. The van der Waals surface area contributed by atoms with Crippen LogP contribution in [0.3, 0.4) is 0 Å². The van der Waals surface area contributed by atoms with Crippen molar-refractivity contribution in [2.45, 2.75) is 32.2 Å². The quantitative estimate of drug-likeness (QED) is 0.802. The molecule has 1 aromatic heterocycles. The summed E-state index contributed by atoms with van der Waals surface area (Å²) < 4.78 is 7.67. The van der Waals surface area contributed by atoms with E-state index in [-0.39, 0.29) is 6.61 Å². The van der Waals surface area contributed by atoms with Crippen LogP contribution < -0.4 is 10.5 Å². The Bertz CT molecular complexity index is 718. The molecule has 0 saturated heterocycles. The number of aromatic nitrogens is 1. The van der Waals surface area contributed by atoms with Crippen molar-refractivity contribution in [3.63, 3.8) is 0 Å². The van der Waals surface area contributed by atoms with Gasteiger partial charge in [0, 0.05) is 18.3 Å². The van der Waals surface area contributed by atoms with Gasteiger partial charge in [0.15, 0.2) is 0 Å². The van der Waals surface area contributed by atoms with E-state index in [1.165, 1.54) is 5.56 Å². The second-order valence-corrected chi connectivity index (χ2v) is 6.48. The molecule has 0 fully saturated rings. The predicted molar refractivity (Wildman–Crippen MR) is 97.0 cm³/mol. The molecule has 2 aromatic rings. The number of aliphatic hydroxyl groups is 1. The molecule has 128 valence electrons. The lowest BCUT2D eigenvalue weighted by Gasteiger charge is -2.21. The first-order valence-corrected chi connectivity index (χ1v) is 8.14. The van der Waals surface area contributed by atoms with Crippen LogP contribution in [0.5, 0.6) is 5.75 Å². The van der Waals surface area contributed by atoms with Gasteiger partial charge >= 0.3 is 0 Å². The van der Waals surface area contributed by atoms with Gasteiger partial charge in [-0.05, 0) is 56.9 Å². The van der Waals surface area contributed by atoms with Gasteiger partial charge in [0.25, 0.3) is 0 Å². The summed E-state index contributed by atoms with van der Waals surface area (Å²) in [6.45, 7) is 4.25.